The summed E-state index contributed by atoms with van der Waals surface area (Å²) in [6, 6.07) is 6.47. The summed E-state index contributed by atoms with van der Waals surface area (Å²) in [4.78, 5) is 8.48. The van der Waals surface area contributed by atoms with Crippen molar-refractivity contribution in [1.82, 2.24) is 15.3 Å². The summed E-state index contributed by atoms with van der Waals surface area (Å²) in [6.07, 6.45) is 4.84. The first-order valence-electron chi connectivity index (χ1n) is 7.41. The van der Waals surface area contributed by atoms with E-state index in [-0.39, 0.29) is 5.41 Å². The van der Waals surface area contributed by atoms with E-state index in [9.17, 15) is 0 Å². The number of benzene rings is 1. The quantitative estimate of drug-likeness (QED) is 0.886. The van der Waals surface area contributed by atoms with Gasteiger partial charge >= 0.3 is 0 Å². The van der Waals surface area contributed by atoms with Crippen LogP contribution in [0.25, 0.3) is 11.0 Å². The van der Waals surface area contributed by atoms with Gasteiger partial charge in [0.2, 0.25) is 0 Å². The highest BCUT2D eigenvalue weighted by Gasteiger charge is 2.35. The summed E-state index contributed by atoms with van der Waals surface area (Å²) in [6.45, 7) is 6.62. The van der Waals surface area contributed by atoms with Gasteiger partial charge in [0, 0.05) is 5.41 Å². The number of hydrogen-bond acceptors (Lipinski definition) is 2. The fourth-order valence-electron chi connectivity index (χ4n) is 3.36. The molecule has 102 valence electrons. The van der Waals surface area contributed by atoms with Crippen LogP contribution in [0.15, 0.2) is 18.2 Å². The van der Waals surface area contributed by atoms with E-state index < -0.39 is 0 Å². The highest BCUT2D eigenvalue weighted by Crippen LogP contribution is 2.37. The lowest BCUT2D eigenvalue weighted by Crippen LogP contribution is -2.40. The van der Waals surface area contributed by atoms with Gasteiger partial charge in [0.25, 0.3) is 0 Å². The van der Waals surface area contributed by atoms with Crippen LogP contribution in [-0.2, 0) is 5.41 Å². The van der Waals surface area contributed by atoms with E-state index in [1.807, 2.05) is 0 Å². The van der Waals surface area contributed by atoms with Crippen LogP contribution in [0.3, 0.4) is 0 Å². The first kappa shape index (κ1) is 12.7. The van der Waals surface area contributed by atoms with Gasteiger partial charge in [0.15, 0.2) is 0 Å². The highest BCUT2D eigenvalue weighted by atomic mass is 15.0. The summed E-state index contributed by atoms with van der Waals surface area (Å²) in [5.74, 6) is 1.21. The van der Waals surface area contributed by atoms with Crippen LogP contribution in [0.1, 0.15) is 44.0 Å². The number of aryl methyl sites for hydroxylation is 1. The molecule has 1 aromatic heterocycles. The summed E-state index contributed by atoms with van der Waals surface area (Å²) in [7, 11) is 0. The summed E-state index contributed by atoms with van der Waals surface area (Å²) in [5.41, 5.74) is 3.84. The van der Waals surface area contributed by atoms with Gasteiger partial charge in [-0.2, -0.15) is 0 Å². The van der Waals surface area contributed by atoms with Crippen molar-refractivity contribution >= 4 is 11.0 Å². The molecule has 0 radical (unpaired) electrons. The molecule has 0 saturated carbocycles. The largest absolute Gasteiger partial charge is 0.341 e. The summed E-state index contributed by atoms with van der Waals surface area (Å²) in [5, 5.41) is 3.47. The van der Waals surface area contributed by atoms with Crippen molar-refractivity contribution in [1.29, 1.82) is 0 Å². The Bertz CT molecular complexity index is 559. The molecule has 19 heavy (non-hydrogen) atoms. The zero-order valence-corrected chi connectivity index (χ0v) is 11.9. The molecule has 3 heteroatoms. The minimum atomic E-state index is 0.257. The monoisotopic (exact) mass is 257 g/mol. The van der Waals surface area contributed by atoms with E-state index in [2.05, 4.69) is 42.3 Å². The first-order valence-corrected chi connectivity index (χ1v) is 7.41. The SMILES string of the molecule is CCCC1(c2nc3ccc(C)cc3[nH]2)CCNCC1. The number of hydrogen-bond donors (Lipinski definition) is 2. The van der Waals surface area contributed by atoms with Crippen molar-refractivity contribution in [3.8, 4) is 0 Å². The maximum absolute atomic E-state index is 4.88. The molecule has 0 aliphatic carbocycles. The van der Waals surface area contributed by atoms with Gasteiger partial charge in [-0.05, 0) is 57.0 Å². The average Bonchev–Trinajstić information content (AvgIpc) is 2.83. The highest BCUT2D eigenvalue weighted by molar-refractivity contribution is 5.76. The van der Waals surface area contributed by atoms with Crippen molar-refractivity contribution in [2.75, 3.05) is 13.1 Å². The third-order valence-corrected chi connectivity index (χ3v) is 4.43. The minimum absolute atomic E-state index is 0.257. The van der Waals surface area contributed by atoms with Gasteiger partial charge in [0.05, 0.1) is 11.0 Å². The molecule has 2 aromatic rings. The zero-order chi connectivity index (χ0) is 13.3. The topological polar surface area (TPSA) is 40.7 Å². The van der Waals surface area contributed by atoms with Crippen LogP contribution >= 0.6 is 0 Å². The van der Waals surface area contributed by atoms with Gasteiger partial charge in [-0.25, -0.2) is 4.98 Å². The van der Waals surface area contributed by atoms with Crippen LogP contribution in [0.4, 0.5) is 0 Å². The number of nitrogens with one attached hydrogen (secondary N) is 2. The van der Waals surface area contributed by atoms with E-state index >= 15 is 0 Å². The molecule has 0 spiro atoms. The van der Waals surface area contributed by atoms with E-state index in [1.54, 1.807) is 0 Å². The molecule has 1 aliphatic heterocycles. The molecule has 0 amide bonds. The Labute approximate surface area is 114 Å². The second-order valence-corrected chi connectivity index (χ2v) is 5.89. The number of nitrogens with zero attached hydrogens (tertiary/aromatic N) is 1. The Morgan fingerprint density at radius 3 is 2.79 bits per heavy atom. The minimum Gasteiger partial charge on any atom is -0.341 e. The molecular formula is C16H23N3. The molecule has 2 heterocycles. The van der Waals surface area contributed by atoms with Gasteiger partial charge in [-0.1, -0.05) is 19.4 Å². The number of fused-ring (bicyclic) bond motifs is 1. The van der Waals surface area contributed by atoms with Crippen molar-refractivity contribution in [2.45, 2.75) is 44.9 Å². The van der Waals surface area contributed by atoms with Crippen molar-refractivity contribution in [3.05, 3.63) is 29.6 Å². The number of H-pyrrole nitrogens is 1. The van der Waals surface area contributed by atoms with Crippen LogP contribution in [0.5, 0.6) is 0 Å². The van der Waals surface area contributed by atoms with Gasteiger partial charge in [-0.15, -0.1) is 0 Å². The Morgan fingerprint density at radius 1 is 1.26 bits per heavy atom. The summed E-state index contributed by atoms with van der Waals surface area (Å²) < 4.78 is 0. The molecule has 0 bridgehead atoms. The lowest BCUT2D eigenvalue weighted by atomic mass is 9.75. The Balaban J connectivity index is 2.04. The van der Waals surface area contributed by atoms with E-state index in [0.29, 0.717) is 0 Å². The van der Waals surface area contributed by atoms with Crippen molar-refractivity contribution in [3.63, 3.8) is 0 Å². The maximum atomic E-state index is 4.88. The predicted molar refractivity (Wildman–Crippen MR) is 79.5 cm³/mol. The summed E-state index contributed by atoms with van der Waals surface area (Å²) >= 11 is 0. The standard InChI is InChI=1S/C16H23N3/c1-3-6-16(7-9-17-10-8-16)15-18-13-5-4-12(2)11-14(13)19-15/h4-5,11,17H,3,6-10H2,1-2H3,(H,18,19). The van der Waals surface area contributed by atoms with Crippen LogP contribution in [0.2, 0.25) is 0 Å². The Hall–Kier alpha value is -1.35. The molecule has 0 unspecified atom stereocenters. The lowest BCUT2D eigenvalue weighted by molar-refractivity contribution is 0.273. The molecule has 0 atom stereocenters. The molecular weight excluding hydrogens is 234 g/mol. The third-order valence-electron chi connectivity index (χ3n) is 4.43. The van der Waals surface area contributed by atoms with E-state index in [4.69, 9.17) is 4.98 Å². The smallest absolute Gasteiger partial charge is 0.113 e. The van der Waals surface area contributed by atoms with E-state index in [1.165, 1.54) is 42.6 Å². The lowest BCUT2D eigenvalue weighted by Gasteiger charge is -2.35. The second kappa shape index (κ2) is 4.97. The molecule has 3 rings (SSSR count). The normalized spacial score (nSPS) is 18.8. The Morgan fingerprint density at radius 2 is 2.05 bits per heavy atom. The fraction of sp³-hybridized carbons (Fsp3) is 0.562. The van der Waals surface area contributed by atoms with Crippen molar-refractivity contribution in [2.24, 2.45) is 0 Å². The fourth-order valence-corrected chi connectivity index (χ4v) is 3.36. The number of piperidine rings is 1. The number of aromatic amines is 1. The number of aromatic nitrogens is 2. The molecule has 1 aromatic carbocycles. The number of imidazole rings is 1. The van der Waals surface area contributed by atoms with Gasteiger partial charge in [0.1, 0.15) is 5.82 Å². The maximum Gasteiger partial charge on any atom is 0.113 e. The predicted octanol–water partition coefficient (Wildman–Crippen LogP) is 3.29. The number of rotatable bonds is 3. The third kappa shape index (κ3) is 2.27. The van der Waals surface area contributed by atoms with E-state index in [0.717, 1.165) is 18.6 Å². The molecule has 1 fully saturated rings. The Kier molecular flexibility index (Phi) is 3.31. The molecule has 3 nitrogen and oxygen atoms in total. The van der Waals surface area contributed by atoms with Gasteiger partial charge in [-0.3, -0.25) is 0 Å². The zero-order valence-electron chi connectivity index (χ0n) is 11.9. The molecule has 1 saturated heterocycles. The average molecular weight is 257 g/mol. The van der Waals surface area contributed by atoms with Crippen LogP contribution in [-0.4, -0.2) is 23.1 Å². The first-order chi connectivity index (χ1) is 9.23. The van der Waals surface area contributed by atoms with Crippen molar-refractivity contribution < 1.29 is 0 Å². The van der Waals surface area contributed by atoms with Crippen LogP contribution < -0.4 is 5.32 Å². The molecule has 1 aliphatic rings. The second-order valence-electron chi connectivity index (χ2n) is 5.89. The molecule has 2 N–H and O–H groups in total. The van der Waals surface area contributed by atoms with Gasteiger partial charge < -0.3 is 10.3 Å². The van der Waals surface area contributed by atoms with Crippen LogP contribution in [0, 0.1) is 6.92 Å².